The number of fused-ring (bicyclic) bond motifs is 3. The van der Waals surface area contributed by atoms with Crippen molar-refractivity contribution in [1.29, 1.82) is 0 Å². The van der Waals surface area contributed by atoms with Crippen LogP contribution in [0.5, 0.6) is 0 Å². The molecular weight excluding hydrogens is 334 g/mol. The third-order valence-corrected chi connectivity index (χ3v) is 5.45. The summed E-state index contributed by atoms with van der Waals surface area (Å²) in [6.07, 6.45) is 2.89. The van der Waals surface area contributed by atoms with Gasteiger partial charge in [0.05, 0.1) is 11.4 Å². The lowest BCUT2D eigenvalue weighted by Gasteiger charge is -2.26. The van der Waals surface area contributed by atoms with Gasteiger partial charge in [-0.2, -0.15) is 5.10 Å². The van der Waals surface area contributed by atoms with Crippen molar-refractivity contribution in [2.45, 2.75) is 6.17 Å². The van der Waals surface area contributed by atoms with Crippen LogP contribution in [0.3, 0.4) is 0 Å². The minimum atomic E-state index is -0.261. The summed E-state index contributed by atoms with van der Waals surface area (Å²) in [5.41, 5.74) is 2.82. The number of hydrogen-bond donors (Lipinski definition) is 2. The maximum atomic E-state index is 12.5. The van der Waals surface area contributed by atoms with E-state index >= 15 is 0 Å². The number of thiophene rings is 1. The molecule has 2 aromatic carbocycles. The Morgan fingerprint density at radius 1 is 1.04 bits per heavy atom. The molecule has 6 nitrogen and oxygen atoms in total. The van der Waals surface area contributed by atoms with Gasteiger partial charge < -0.3 is 10.6 Å². The van der Waals surface area contributed by atoms with Crippen LogP contribution in [0.1, 0.15) is 21.4 Å². The van der Waals surface area contributed by atoms with E-state index in [0.29, 0.717) is 0 Å². The average Bonchev–Trinajstić information content (AvgIpc) is 3.30. The highest BCUT2D eigenvalue weighted by Crippen LogP contribution is 2.39. The summed E-state index contributed by atoms with van der Waals surface area (Å²) in [4.78, 5) is 17.2. The van der Waals surface area contributed by atoms with Gasteiger partial charge in [-0.05, 0) is 23.8 Å². The minimum absolute atomic E-state index is 0.0414. The van der Waals surface area contributed by atoms with E-state index in [2.05, 4.69) is 20.7 Å². The van der Waals surface area contributed by atoms with E-state index in [1.165, 1.54) is 17.7 Å². The van der Waals surface area contributed by atoms with Crippen molar-refractivity contribution >= 4 is 33.0 Å². The van der Waals surface area contributed by atoms with E-state index < -0.39 is 0 Å². The van der Waals surface area contributed by atoms with Gasteiger partial charge in [-0.15, -0.1) is 11.3 Å². The normalized spacial score (nSPS) is 16.3. The summed E-state index contributed by atoms with van der Waals surface area (Å²) >= 11 is 1.51. The summed E-state index contributed by atoms with van der Waals surface area (Å²) < 4.78 is 2.80. The van der Waals surface area contributed by atoms with E-state index in [4.69, 9.17) is 0 Å². The Balaban J connectivity index is 1.51. The number of benzene rings is 2. The average molecular weight is 347 g/mol. The molecule has 0 radical (unpaired) electrons. The molecule has 0 aliphatic carbocycles. The molecule has 0 saturated carbocycles. The quantitative estimate of drug-likeness (QED) is 0.583. The fraction of sp³-hybridized carbons (Fsp3) is 0.0556. The van der Waals surface area contributed by atoms with Crippen LogP contribution in [0.15, 0.2) is 61.2 Å². The van der Waals surface area contributed by atoms with E-state index in [1.807, 2.05) is 48.5 Å². The third-order valence-electron chi connectivity index (χ3n) is 4.28. The molecule has 3 heterocycles. The second-order valence-electron chi connectivity index (χ2n) is 5.78. The Hall–Kier alpha value is -3.19. The van der Waals surface area contributed by atoms with Gasteiger partial charge >= 0.3 is 0 Å². The Kier molecular flexibility index (Phi) is 3.07. The zero-order valence-corrected chi connectivity index (χ0v) is 13.8. The maximum Gasteiger partial charge on any atom is 0.265 e. The molecule has 4 aromatic rings. The zero-order valence-electron chi connectivity index (χ0n) is 13.0. The Morgan fingerprint density at radius 3 is 2.68 bits per heavy atom. The molecule has 1 atom stereocenters. The molecular formula is C18H13N5OS. The predicted octanol–water partition coefficient (Wildman–Crippen LogP) is 3.34. The molecule has 2 aromatic heterocycles. The number of carbonyl (C=O) groups is 1. The first-order chi connectivity index (χ1) is 12.3. The van der Waals surface area contributed by atoms with Crippen LogP contribution >= 0.6 is 11.3 Å². The number of anilines is 1. The number of rotatable bonds is 2. The lowest BCUT2D eigenvalue weighted by Crippen LogP contribution is -2.37. The van der Waals surface area contributed by atoms with Crippen LogP contribution in [0.25, 0.3) is 15.8 Å². The summed E-state index contributed by atoms with van der Waals surface area (Å²) in [7, 11) is 0. The molecule has 0 fully saturated rings. The fourth-order valence-electron chi connectivity index (χ4n) is 3.05. The monoisotopic (exact) mass is 347 g/mol. The van der Waals surface area contributed by atoms with Crippen molar-refractivity contribution in [3.63, 3.8) is 0 Å². The molecule has 25 heavy (non-hydrogen) atoms. The molecule has 0 unspecified atom stereocenters. The highest BCUT2D eigenvalue weighted by Gasteiger charge is 2.28. The standard InChI is InChI=1S/C18H13N5OS/c24-18-16-15(13-3-1-2-4-14(13)25-16)21-17(22-18)11-5-7-12(8-6-11)23-10-19-9-20-23/h1-10,17,21H,(H,22,24)/t17-/m1/s1. The molecule has 0 saturated heterocycles. The largest absolute Gasteiger partial charge is 0.360 e. The Morgan fingerprint density at radius 2 is 1.88 bits per heavy atom. The van der Waals surface area contributed by atoms with Gasteiger partial charge in [-0.25, -0.2) is 9.67 Å². The second-order valence-corrected chi connectivity index (χ2v) is 6.84. The molecule has 5 rings (SSSR count). The number of carbonyl (C=O) groups excluding carboxylic acids is 1. The number of aromatic nitrogens is 3. The second kappa shape index (κ2) is 5.42. The van der Waals surface area contributed by atoms with Crippen LogP contribution < -0.4 is 10.6 Å². The maximum absolute atomic E-state index is 12.5. The van der Waals surface area contributed by atoms with Crippen LogP contribution in [-0.4, -0.2) is 20.7 Å². The SMILES string of the molecule is O=C1N[C@H](c2ccc(-n3cncn3)cc2)Nc2c1sc1ccccc21. The zero-order chi connectivity index (χ0) is 16.8. The van der Waals surface area contributed by atoms with Gasteiger partial charge in [-0.3, -0.25) is 4.79 Å². The summed E-state index contributed by atoms with van der Waals surface area (Å²) in [5.74, 6) is -0.0414. The topological polar surface area (TPSA) is 71.8 Å². The van der Waals surface area contributed by atoms with E-state index in [-0.39, 0.29) is 12.1 Å². The van der Waals surface area contributed by atoms with E-state index in [0.717, 1.165) is 31.9 Å². The summed E-state index contributed by atoms with van der Waals surface area (Å²) in [5, 5.41) is 11.7. The number of nitrogens with one attached hydrogen (secondary N) is 2. The summed E-state index contributed by atoms with van der Waals surface area (Å²) in [6, 6.07) is 15.9. The lowest BCUT2D eigenvalue weighted by atomic mass is 10.1. The van der Waals surface area contributed by atoms with Gasteiger partial charge in [-0.1, -0.05) is 30.3 Å². The lowest BCUT2D eigenvalue weighted by molar-refractivity contribution is 0.0940. The van der Waals surface area contributed by atoms with Crippen molar-refractivity contribution in [2.24, 2.45) is 0 Å². The number of amides is 1. The Labute approximate surface area is 147 Å². The molecule has 2 N–H and O–H groups in total. The van der Waals surface area contributed by atoms with Crippen molar-refractivity contribution in [3.05, 3.63) is 71.6 Å². The van der Waals surface area contributed by atoms with Crippen LogP contribution in [-0.2, 0) is 0 Å². The predicted molar refractivity (Wildman–Crippen MR) is 97.0 cm³/mol. The number of nitrogens with zero attached hydrogens (tertiary/aromatic N) is 3. The highest BCUT2D eigenvalue weighted by atomic mass is 32.1. The van der Waals surface area contributed by atoms with Gasteiger partial charge in [0.1, 0.15) is 23.7 Å². The number of hydrogen-bond acceptors (Lipinski definition) is 5. The van der Waals surface area contributed by atoms with Crippen molar-refractivity contribution in [2.75, 3.05) is 5.32 Å². The molecule has 0 bridgehead atoms. The van der Waals surface area contributed by atoms with E-state index in [9.17, 15) is 4.79 Å². The molecule has 1 amide bonds. The fourth-order valence-corrected chi connectivity index (χ4v) is 4.12. The Bertz CT molecular complexity index is 1070. The molecule has 1 aliphatic heterocycles. The molecule has 0 spiro atoms. The van der Waals surface area contributed by atoms with Crippen molar-refractivity contribution < 1.29 is 4.79 Å². The van der Waals surface area contributed by atoms with Crippen LogP contribution in [0.4, 0.5) is 5.69 Å². The van der Waals surface area contributed by atoms with Gasteiger partial charge in [0, 0.05) is 10.1 Å². The highest BCUT2D eigenvalue weighted by molar-refractivity contribution is 7.21. The van der Waals surface area contributed by atoms with Gasteiger partial charge in [0.25, 0.3) is 5.91 Å². The van der Waals surface area contributed by atoms with Gasteiger partial charge in [0.15, 0.2) is 0 Å². The molecule has 7 heteroatoms. The van der Waals surface area contributed by atoms with Crippen LogP contribution in [0.2, 0.25) is 0 Å². The van der Waals surface area contributed by atoms with Crippen LogP contribution in [0, 0.1) is 0 Å². The first-order valence-electron chi connectivity index (χ1n) is 7.83. The first-order valence-corrected chi connectivity index (χ1v) is 8.65. The van der Waals surface area contributed by atoms with Crippen molar-refractivity contribution in [1.82, 2.24) is 20.1 Å². The first kappa shape index (κ1) is 14.2. The van der Waals surface area contributed by atoms with Gasteiger partial charge in [0.2, 0.25) is 0 Å². The van der Waals surface area contributed by atoms with E-state index in [1.54, 1.807) is 11.0 Å². The smallest absolute Gasteiger partial charge is 0.265 e. The minimum Gasteiger partial charge on any atom is -0.360 e. The van der Waals surface area contributed by atoms with Crippen molar-refractivity contribution in [3.8, 4) is 5.69 Å². The third kappa shape index (κ3) is 2.28. The summed E-state index contributed by atoms with van der Waals surface area (Å²) in [6.45, 7) is 0. The molecule has 1 aliphatic rings. The molecule has 122 valence electrons.